The number of hydrogen-bond acceptors (Lipinski definition) is 4. The fourth-order valence-electron chi connectivity index (χ4n) is 3.49. The van der Waals surface area contributed by atoms with Crippen molar-refractivity contribution in [3.8, 4) is 0 Å². The maximum Gasteiger partial charge on any atom is 0.164 e. The number of hydrogen-bond donors (Lipinski definition) is 0. The van der Waals surface area contributed by atoms with Crippen LogP contribution in [0.25, 0.3) is 0 Å². The summed E-state index contributed by atoms with van der Waals surface area (Å²) in [6.45, 7) is 0.879. The first kappa shape index (κ1) is 13.7. The molecule has 2 aliphatic rings. The van der Waals surface area contributed by atoms with Crippen LogP contribution >= 0.6 is 11.6 Å². The minimum atomic E-state index is 0.384. The zero-order valence-corrected chi connectivity index (χ0v) is 13.5. The Balaban J connectivity index is 1.89. The summed E-state index contributed by atoms with van der Waals surface area (Å²) in [6.07, 6.45) is 2.50. The van der Waals surface area contributed by atoms with Crippen LogP contribution < -0.4 is 4.90 Å². The second kappa shape index (κ2) is 5.14. The van der Waals surface area contributed by atoms with Gasteiger partial charge in [0.15, 0.2) is 11.0 Å². The van der Waals surface area contributed by atoms with E-state index in [0.717, 1.165) is 35.6 Å². The van der Waals surface area contributed by atoms with Crippen molar-refractivity contribution in [2.24, 2.45) is 4.99 Å². The van der Waals surface area contributed by atoms with Crippen molar-refractivity contribution in [3.63, 3.8) is 0 Å². The van der Waals surface area contributed by atoms with Crippen molar-refractivity contribution in [3.05, 3.63) is 76.7 Å². The third-order valence-corrected chi connectivity index (χ3v) is 4.81. The summed E-state index contributed by atoms with van der Waals surface area (Å²) in [4.78, 5) is 15.7. The van der Waals surface area contributed by atoms with Crippen LogP contribution in [0.5, 0.6) is 0 Å². The first-order valence-electron chi connectivity index (χ1n) is 7.87. The van der Waals surface area contributed by atoms with Crippen molar-refractivity contribution >= 4 is 34.5 Å². The third kappa shape index (κ3) is 1.90. The quantitative estimate of drug-likeness (QED) is 0.624. The van der Waals surface area contributed by atoms with Crippen LogP contribution in [0.4, 0.5) is 17.2 Å². The van der Waals surface area contributed by atoms with Gasteiger partial charge in [0.25, 0.3) is 0 Å². The molecule has 4 nitrogen and oxygen atoms in total. The van der Waals surface area contributed by atoms with E-state index >= 15 is 0 Å². The van der Waals surface area contributed by atoms with Crippen LogP contribution in [-0.4, -0.2) is 22.2 Å². The molecule has 1 aromatic heterocycles. The first-order valence-corrected chi connectivity index (χ1v) is 8.25. The normalized spacial score (nSPS) is 14.7. The smallest absolute Gasteiger partial charge is 0.164 e. The lowest BCUT2D eigenvalue weighted by molar-refractivity contribution is 0.965. The summed E-state index contributed by atoms with van der Waals surface area (Å²) >= 11 is 6.36. The van der Waals surface area contributed by atoms with Crippen molar-refractivity contribution in [1.82, 2.24) is 9.97 Å². The lowest BCUT2D eigenvalue weighted by atomic mass is 9.98. The molecule has 2 aliphatic heterocycles. The van der Waals surface area contributed by atoms with E-state index in [9.17, 15) is 0 Å². The number of nitrogens with zero attached hydrogens (tertiary/aromatic N) is 4. The maximum atomic E-state index is 6.36. The van der Waals surface area contributed by atoms with Crippen molar-refractivity contribution in [1.29, 1.82) is 0 Å². The standard InChI is InChI=1S/C19H13ClN4/c20-18-16-19(22-11-21-18)24-10-9-13-7-4-8-14(17(13)24)15(23-16)12-5-2-1-3-6-12/h1-8,11H,9-10H2. The minimum Gasteiger partial charge on any atom is -0.323 e. The van der Waals surface area contributed by atoms with Crippen LogP contribution in [0.2, 0.25) is 5.15 Å². The molecule has 0 fully saturated rings. The van der Waals surface area contributed by atoms with Gasteiger partial charge in [-0.05, 0) is 12.0 Å². The average Bonchev–Trinajstić information content (AvgIpc) is 2.99. The van der Waals surface area contributed by atoms with Crippen LogP contribution in [-0.2, 0) is 6.42 Å². The average molecular weight is 333 g/mol. The SMILES string of the molecule is Clc1ncnc2c1N=C(c1ccccc1)c1cccc3c1N2CC3. The van der Waals surface area contributed by atoms with E-state index in [1.165, 1.54) is 17.6 Å². The number of para-hydroxylation sites is 1. The van der Waals surface area contributed by atoms with E-state index in [4.69, 9.17) is 16.6 Å². The number of benzene rings is 2. The molecule has 5 heteroatoms. The van der Waals surface area contributed by atoms with Crippen molar-refractivity contribution < 1.29 is 0 Å². The zero-order chi connectivity index (χ0) is 16.1. The van der Waals surface area contributed by atoms with Gasteiger partial charge < -0.3 is 4.90 Å². The molecule has 0 saturated heterocycles. The Bertz CT molecular complexity index is 982. The minimum absolute atomic E-state index is 0.384. The first-order chi connectivity index (χ1) is 11.8. The number of aliphatic imine (C=N–C) groups is 1. The van der Waals surface area contributed by atoms with E-state index in [-0.39, 0.29) is 0 Å². The number of fused-ring (bicyclic) bond motifs is 2. The van der Waals surface area contributed by atoms with Gasteiger partial charge in [-0.2, -0.15) is 0 Å². The van der Waals surface area contributed by atoms with Gasteiger partial charge >= 0.3 is 0 Å². The van der Waals surface area contributed by atoms with Gasteiger partial charge in [0, 0.05) is 17.7 Å². The van der Waals surface area contributed by atoms with Crippen molar-refractivity contribution in [2.45, 2.75) is 6.42 Å². The Morgan fingerprint density at radius 1 is 0.958 bits per heavy atom. The molecule has 0 unspecified atom stereocenters. The van der Waals surface area contributed by atoms with E-state index < -0.39 is 0 Å². The summed E-state index contributed by atoms with van der Waals surface area (Å²) in [6, 6.07) is 16.6. The van der Waals surface area contributed by atoms with Gasteiger partial charge in [-0.15, -0.1) is 0 Å². The molecular formula is C19H13ClN4. The van der Waals surface area contributed by atoms with Gasteiger partial charge in [0.1, 0.15) is 12.0 Å². The Morgan fingerprint density at radius 2 is 1.83 bits per heavy atom. The number of rotatable bonds is 1. The molecule has 5 rings (SSSR count). The molecule has 3 aromatic rings. The summed E-state index contributed by atoms with van der Waals surface area (Å²) in [5.74, 6) is 0.784. The second-order valence-corrected chi connectivity index (χ2v) is 6.24. The van der Waals surface area contributed by atoms with Crippen molar-refractivity contribution in [2.75, 3.05) is 11.4 Å². The topological polar surface area (TPSA) is 41.4 Å². The molecule has 0 N–H and O–H groups in total. The lowest BCUT2D eigenvalue weighted by Crippen LogP contribution is -2.16. The fourth-order valence-corrected chi connectivity index (χ4v) is 3.66. The van der Waals surface area contributed by atoms with Crippen LogP contribution in [0, 0.1) is 0 Å². The van der Waals surface area contributed by atoms with Gasteiger partial charge in [0.05, 0.1) is 11.4 Å². The Labute approximate surface area is 144 Å². The Hall–Kier alpha value is -2.72. The molecule has 3 heterocycles. The van der Waals surface area contributed by atoms with E-state index in [1.807, 2.05) is 18.2 Å². The third-order valence-electron chi connectivity index (χ3n) is 4.53. The van der Waals surface area contributed by atoms with Crippen LogP contribution in [0.3, 0.4) is 0 Å². The summed E-state index contributed by atoms with van der Waals surface area (Å²) in [7, 11) is 0. The number of halogens is 1. The Kier molecular flexibility index (Phi) is 2.94. The molecule has 0 saturated carbocycles. The lowest BCUT2D eigenvalue weighted by Gasteiger charge is -2.20. The van der Waals surface area contributed by atoms with Crippen LogP contribution in [0.15, 0.2) is 59.9 Å². The molecule has 0 spiro atoms. The zero-order valence-electron chi connectivity index (χ0n) is 12.8. The molecule has 24 heavy (non-hydrogen) atoms. The van der Waals surface area contributed by atoms with Crippen LogP contribution in [0.1, 0.15) is 16.7 Å². The van der Waals surface area contributed by atoms with E-state index in [1.54, 1.807) is 0 Å². The highest BCUT2D eigenvalue weighted by Crippen LogP contribution is 2.45. The molecule has 0 amide bonds. The van der Waals surface area contributed by atoms with Gasteiger partial charge in [-0.3, -0.25) is 0 Å². The molecule has 0 bridgehead atoms. The molecule has 0 aliphatic carbocycles. The maximum absolute atomic E-state index is 6.36. The fraction of sp³-hybridized carbons (Fsp3) is 0.105. The molecule has 2 aromatic carbocycles. The van der Waals surface area contributed by atoms with Gasteiger partial charge in [-0.1, -0.05) is 60.1 Å². The highest BCUT2D eigenvalue weighted by atomic mass is 35.5. The van der Waals surface area contributed by atoms with E-state index in [0.29, 0.717) is 10.8 Å². The highest BCUT2D eigenvalue weighted by molar-refractivity contribution is 6.33. The van der Waals surface area contributed by atoms with Gasteiger partial charge in [-0.25, -0.2) is 15.0 Å². The largest absolute Gasteiger partial charge is 0.323 e. The van der Waals surface area contributed by atoms with Gasteiger partial charge in [0.2, 0.25) is 0 Å². The van der Waals surface area contributed by atoms with E-state index in [2.05, 4.69) is 45.2 Å². The number of aromatic nitrogens is 2. The molecule has 116 valence electrons. The Morgan fingerprint density at radius 3 is 2.71 bits per heavy atom. The summed E-state index contributed by atoms with van der Waals surface area (Å²) in [5.41, 5.74) is 6.24. The number of anilines is 2. The second-order valence-electron chi connectivity index (χ2n) is 5.88. The summed E-state index contributed by atoms with van der Waals surface area (Å²) < 4.78 is 0. The molecule has 0 radical (unpaired) electrons. The summed E-state index contributed by atoms with van der Waals surface area (Å²) in [5, 5.41) is 0.384. The highest BCUT2D eigenvalue weighted by Gasteiger charge is 2.31. The molecule has 0 atom stereocenters. The molecular weight excluding hydrogens is 320 g/mol. The monoisotopic (exact) mass is 332 g/mol. The predicted octanol–water partition coefficient (Wildman–Crippen LogP) is 4.31. The predicted molar refractivity (Wildman–Crippen MR) is 95.9 cm³/mol.